The maximum atomic E-state index is 6.27. The minimum Gasteiger partial charge on any atom is -0.400 e. The van der Waals surface area contributed by atoms with Crippen molar-refractivity contribution in [2.75, 3.05) is 0 Å². The Bertz CT molecular complexity index is 513. The van der Waals surface area contributed by atoms with Gasteiger partial charge in [0, 0.05) is 0 Å². The fraction of sp³-hybridized carbons (Fsp3) is 0.529. The fourth-order valence-corrected chi connectivity index (χ4v) is 3.76. The van der Waals surface area contributed by atoms with E-state index in [0.717, 1.165) is 0 Å². The molecule has 2 nitrogen and oxygen atoms in total. The van der Waals surface area contributed by atoms with Crippen LogP contribution in [0.3, 0.4) is 0 Å². The average Bonchev–Trinajstić information content (AvgIpc) is 2.55. The highest BCUT2D eigenvalue weighted by Crippen LogP contribution is 2.40. The molecule has 0 radical (unpaired) electrons. The molecule has 21 heavy (non-hydrogen) atoms. The van der Waals surface area contributed by atoms with Crippen LogP contribution < -0.4 is 0 Å². The van der Waals surface area contributed by atoms with E-state index in [1.807, 2.05) is 6.07 Å². The number of hydrogen-bond acceptors (Lipinski definition) is 2. The molecular weight excluding hydrogens is 275 g/mol. The highest BCUT2D eigenvalue weighted by molar-refractivity contribution is 6.96. The first kappa shape index (κ1) is 16.5. The van der Waals surface area contributed by atoms with Crippen molar-refractivity contribution in [3.63, 3.8) is 0 Å². The van der Waals surface area contributed by atoms with Gasteiger partial charge in [-0.05, 0) is 33.3 Å². The lowest BCUT2D eigenvalue weighted by Crippen LogP contribution is -2.41. The molecule has 0 aliphatic carbocycles. The molecule has 1 aromatic carbocycles. The standard InChI is InChI=1S/C17H27BO2Si/c1-16(2)17(3,4)20-18(19-16)15(21(5,6)7)13-14-11-9-8-10-12-14/h8-13H,1-7H3/b15-13+. The number of rotatable bonds is 3. The smallest absolute Gasteiger partial charge is 0.400 e. The van der Waals surface area contributed by atoms with Gasteiger partial charge in [-0.1, -0.05) is 61.1 Å². The van der Waals surface area contributed by atoms with Crippen molar-refractivity contribution in [3.8, 4) is 0 Å². The molecule has 0 saturated carbocycles. The average molecular weight is 302 g/mol. The topological polar surface area (TPSA) is 18.5 Å². The first-order valence-corrected chi connectivity index (χ1v) is 11.2. The van der Waals surface area contributed by atoms with Crippen LogP contribution in [0.25, 0.3) is 6.08 Å². The lowest BCUT2D eigenvalue weighted by Gasteiger charge is -2.32. The Morgan fingerprint density at radius 3 is 1.86 bits per heavy atom. The van der Waals surface area contributed by atoms with Crippen molar-refractivity contribution in [1.29, 1.82) is 0 Å². The second kappa shape index (κ2) is 5.42. The molecule has 2 rings (SSSR count). The predicted molar refractivity (Wildman–Crippen MR) is 93.8 cm³/mol. The van der Waals surface area contributed by atoms with E-state index in [1.54, 1.807) is 0 Å². The first-order chi connectivity index (χ1) is 9.53. The third kappa shape index (κ3) is 3.50. The minimum absolute atomic E-state index is 0.234. The summed E-state index contributed by atoms with van der Waals surface area (Å²) in [4.78, 5) is 0. The van der Waals surface area contributed by atoms with E-state index >= 15 is 0 Å². The first-order valence-electron chi connectivity index (χ1n) is 7.66. The molecule has 1 aliphatic heterocycles. The van der Waals surface area contributed by atoms with Gasteiger partial charge in [0.25, 0.3) is 0 Å². The van der Waals surface area contributed by atoms with Crippen molar-refractivity contribution >= 4 is 21.3 Å². The lowest BCUT2D eigenvalue weighted by molar-refractivity contribution is 0.00578. The van der Waals surface area contributed by atoms with Gasteiger partial charge in [-0.3, -0.25) is 0 Å². The second-order valence-electron chi connectivity index (χ2n) is 7.85. The number of benzene rings is 1. The summed E-state index contributed by atoms with van der Waals surface area (Å²) in [5, 5.41) is 1.31. The van der Waals surface area contributed by atoms with Gasteiger partial charge in [0.05, 0.1) is 19.3 Å². The molecule has 1 heterocycles. The Morgan fingerprint density at radius 1 is 0.952 bits per heavy atom. The zero-order valence-corrected chi connectivity index (χ0v) is 15.4. The monoisotopic (exact) mass is 302 g/mol. The SMILES string of the molecule is CC1(C)OB(/C(=C\c2ccccc2)[Si](C)(C)C)OC1(C)C. The molecule has 0 aromatic heterocycles. The van der Waals surface area contributed by atoms with Crippen LogP contribution in [0.5, 0.6) is 0 Å². The quantitative estimate of drug-likeness (QED) is 0.761. The van der Waals surface area contributed by atoms with Gasteiger partial charge in [-0.15, -0.1) is 0 Å². The maximum Gasteiger partial charge on any atom is 0.486 e. The van der Waals surface area contributed by atoms with Gasteiger partial charge >= 0.3 is 7.12 Å². The Balaban J connectivity index is 2.38. The van der Waals surface area contributed by atoms with E-state index in [4.69, 9.17) is 9.31 Å². The largest absolute Gasteiger partial charge is 0.486 e. The van der Waals surface area contributed by atoms with Gasteiger partial charge < -0.3 is 9.31 Å². The fourth-order valence-electron chi connectivity index (χ4n) is 2.34. The summed E-state index contributed by atoms with van der Waals surface area (Å²) in [7, 11) is -1.78. The van der Waals surface area contributed by atoms with Crippen LogP contribution in [-0.2, 0) is 9.31 Å². The molecular formula is C17H27BO2Si. The summed E-state index contributed by atoms with van der Waals surface area (Å²) >= 11 is 0. The van der Waals surface area contributed by atoms with Crippen LogP contribution in [0.15, 0.2) is 35.4 Å². The van der Waals surface area contributed by atoms with Crippen LogP contribution in [0.1, 0.15) is 33.3 Å². The Labute approximate surface area is 130 Å². The Morgan fingerprint density at radius 2 is 1.43 bits per heavy atom. The molecule has 1 fully saturated rings. The van der Waals surface area contributed by atoms with E-state index < -0.39 is 8.07 Å². The van der Waals surface area contributed by atoms with Crippen molar-refractivity contribution in [2.45, 2.75) is 58.5 Å². The van der Waals surface area contributed by atoms with Gasteiger partial charge in [-0.25, -0.2) is 0 Å². The van der Waals surface area contributed by atoms with E-state index in [0.29, 0.717) is 0 Å². The van der Waals surface area contributed by atoms with Gasteiger partial charge in [0.1, 0.15) is 0 Å². The molecule has 4 heteroatoms. The van der Waals surface area contributed by atoms with E-state index in [9.17, 15) is 0 Å². The highest BCUT2D eigenvalue weighted by Gasteiger charge is 2.53. The molecule has 0 bridgehead atoms. The van der Waals surface area contributed by atoms with Crippen molar-refractivity contribution in [3.05, 3.63) is 41.0 Å². The van der Waals surface area contributed by atoms with Crippen molar-refractivity contribution in [2.24, 2.45) is 0 Å². The molecule has 0 unspecified atom stereocenters. The lowest BCUT2D eigenvalue weighted by atomic mass is 9.88. The molecule has 1 saturated heterocycles. The summed E-state index contributed by atoms with van der Waals surface area (Å²) in [6.07, 6.45) is 2.26. The van der Waals surface area contributed by atoms with E-state index in [1.165, 1.54) is 10.7 Å². The molecule has 0 N–H and O–H groups in total. The summed E-state index contributed by atoms with van der Waals surface area (Å²) in [5.41, 5.74) is 0.643. The van der Waals surface area contributed by atoms with E-state index in [-0.39, 0.29) is 18.3 Å². The molecule has 1 aromatic rings. The van der Waals surface area contributed by atoms with Crippen LogP contribution in [0, 0.1) is 0 Å². The summed E-state index contributed by atoms with van der Waals surface area (Å²) in [6, 6.07) is 10.4. The molecule has 0 spiro atoms. The van der Waals surface area contributed by atoms with Gasteiger partial charge in [0.15, 0.2) is 0 Å². The van der Waals surface area contributed by atoms with Crippen molar-refractivity contribution < 1.29 is 9.31 Å². The van der Waals surface area contributed by atoms with Crippen molar-refractivity contribution in [1.82, 2.24) is 0 Å². The molecule has 1 aliphatic rings. The van der Waals surface area contributed by atoms with Gasteiger partial charge in [-0.2, -0.15) is 0 Å². The Hall–Kier alpha value is -0.838. The third-order valence-electron chi connectivity index (χ3n) is 4.49. The Kier molecular flexibility index (Phi) is 4.26. The second-order valence-corrected chi connectivity index (χ2v) is 12.9. The molecule has 0 atom stereocenters. The van der Waals surface area contributed by atoms with Crippen LogP contribution >= 0.6 is 0 Å². The third-order valence-corrected chi connectivity index (χ3v) is 6.61. The molecule has 114 valence electrons. The predicted octanol–water partition coefficient (Wildman–Crippen LogP) is 4.58. The molecule has 0 amide bonds. The van der Waals surface area contributed by atoms with Gasteiger partial charge in [0.2, 0.25) is 0 Å². The summed E-state index contributed by atoms with van der Waals surface area (Å²) in [6.45, 7) is 15.5. The summed E-state index contributed by atoms with van der Waals surface area (Å²) < 4.78 is 12.5. The van der Waals surface area contributed by atoms with Crippen LogP contribution in [0.2, 0.25) is 19.6 Å². The zero-order chi connectivity index (χ0) is 15.9. The number of hydrogen-bond donors (Lipinski definition) is 0. The normalized spacial score (nSPS) is 21.7. The zero-order valence-electron chi connectivity index (χ0n) is 14.4. The highest BCUT2D eigenvalue weighted by atomic mass is 28.3. The van der Waals surface area contributed by atoms with Crippen LogP contribution in [-0.4, -0.2) is 26.4 Å². The van der Waals surface area contributed by atoms with E-state index in [2.05, 4.69) is 77.7 Å². The van der Waals surface area contributed by atoms with Crippen LogP contribution in [0.4, 0.5) is 0 Å². The minimum atomic E-state index is -1.55. The maximum absolute atomic E-state index is 6.27. The summed E-state index contributed by atoms with van der Waals surface area (Å²) in [5.74, 6) is 0.